The standard InChI is InChI=1S/C16H18ClNO6/c1-22-11-6-12(23-2)8(5-7(11)17)18-15(19)13-9-3-4-10(24-9)14(13)16(20)21/h5-6,9-10,13-14H,3-4H2,1-2H3,(H,18,19)(H,20,21)/t9-,10+,13+,14-/m0/s1. The Morgan fingerprint density at radius 2 is 1.79 bits per heavy atom. The van der Waals surface area contributed by atoms with Crippen LogP contribution in [-0.2, 0) is 14.3 Å². The molecule has 1 aromatic rings. The van der Waals surface area contributed by atoms with Crippen molar-refractivity contribution in [3.63, 3.8) is 0 Å². The van der Waals surface area contributed by atoms with Crippen molar-refractivity contribution in [2.24, 2.45) is 11.8 Å². The minimum atomic E-state index is -1.01. The van der Waals surface area contributed by atoms with Crippen LogP contribution in [-0.4, -0.2) is 43.4 Å². The summed E-state index contributed by atoms with van der Waals surface area (Å²) in [5.41, 5.74) is 0.361. The van der Waals surface area contributed by atoms with Crippen molar-refractivity contribution < 1.29 is 28.9 Å². The predicted molar refractivity (Wildman–Crippen MR) is 85.7 cm³/mol. The van der Waals surface area contributed by atoms with Crippen molar-refractivity contribution in [3.8, 4) is 11.5 Å². The Hall–Kier alpha value is -1.99. The predicted octanol–water partition coefficient (Wildman–Crippen LogP) is 2.17. The molecular formula is C16H18ClNO6. The summed E-state index contributed by atoms with van der Waals surface area (Å²) < 4.78 is 16.0. The van der Waals surface area contributed by atoms with Gasteiger partial charge in [-0.2, -0.15) is 0 Å². The third-order valence-electron chi connectivity index (χ3n) is 4.59. The number of methoxy groups -OCH3 is 2. The van der Waals surface area contributed by atoms with E-state index in [1.807, 2.05) is 0 Å². The molecule has 2 fully saturated rings. The van der Waals surface area contributed by atoms with Crippen molar-refractivity contribution in [3.05, 3.63) is 17.2 Å². The minimum Gasteiger partial charge on any atom is -0.495 e. The van der Waals surface area contributed by atoms with Crippen LogP contribution in [0.2, 0.25) is 5.02 Å². The van der Waals surface area contributed by atoms with Gasteiger partial charge in [0.15, 0.2) is 0 Å². The Balaban J connectivity index is 1.84. The van der Waals surface area contributed by atoms with Gasteiger partial charge in [-0.05, 0) is 18.9 Å². The molecule has 0 aromatic heterocycles. The summed E-state index contributed by atoms with van der Waals surface area (Å²) in [5, 5.41) is 12.4. The molecule has 7 nitrogen and oxygen atoms in total. The Morgan fingerprint density at radius 3 is 2.38 bits per heavy atom. The zero-order chi connectivity index (χ0) is 17.4. The summed E-state index contributed by atoms with van der Waals surface area (Å²) in [4.78, 5) is 24.2. The summed E-state index contributed by atoms with van der Waals surface area (Å²) in [6, 6.07) is 3.07. The Morgan fingerprint density at radius 1 is 1.17 bits per heavy atom. The number of carbonyl (C=O) groups excluding carboxylic acids is 1. The lowest BCUT2D eigenvalue weighted by molar-refractivity contribution is -0.147. The average molecular weight is 356 g/mol. The van der Waals surface area contributed by atoms with Crippen molar-refractivity contribution >= 4 is 29.2 Å². The van der Waals surface area contributed by atoms with E-state index in [0.29, 0.717) is 35.1 Å². The number of rotatable bonds is 5. The number of amides is 1. The molecule has 130 valence electrons. The maximum absolute atomic E-state index is 12.7. The molecule has 2 aliphatic rings. The van der Waals surface area contributed by atoms with E-state index in [-0.39, 0.29) is 6.10 Å². The molecular weight excluding hydrogens is 338 g/mol. The van der Waals surface area contributed by atoms with Gasteiger partial charge in [0, 0.05) is 6.07 Å². The van der Waals surface area contributed by atoms with E-state index in [1.54, 1.807) is 6.07 Å². The fraction of sp³-hybridized carbons (Fsp3) is 0.500. The SMILES string of the molecule is COc1cc(OC)c(NC(=O)[C@H]2[C@@H](C(=O)O)[C@H]3CC[C@@H]2O3)cc1Cl. The van der Waals surface area contributed by atoms with Gasteiger partial charge in [0.25, 0.3) is 0 Å². The van der Waals surface area contributed by atoms with E-state index in [0.717, 1.165) is 0 Å². The van der Waals surface area contributed by atoms with Crippen LogP contribution < -0.4 is 14.8 Å². The van der Waals surface area contributed by atoms with Crippen molar-refractivity contribution in [1.29, 1.82) is 0 Å². The normalized spacial score (nSPS) is 27.8. The number of carboxylic acids is 1. The van der Waals surface area contributed by atoms with E-state index in [4.69, 9.17) is 25.8 Å². The lowest BCUT2D eigenvalue weighted by atomic mass is 9.78. The molecule has 2 saturated heterocycles. The van der Waals surface area contributed by atoms with Crippen LogP contribution >= 0.6 is 11.6 Å². The van der Waals surface area contributed by atoms with Gasteiger partial charge in [0.1, 0.15) is 11.5 Å². The molecule has 1 aromatic carbocycles. The molecule has 2 aliphatic heterocycles. The van der Waals surface area contributed by atoms with Gasteiger partial charge in [-0.3, -0.25) is 9.59 Å². The van der Waals surface area contributed by atoms with E-state index < -0.39 is 29.8 Å². The number of hydrogen-bond donors (Lipinski definition) is 2. The highest BCUT2D eigenvalue weighted by Crippen LogP contribution is 2.44. The second-order valence-corrected chi connectivity index (χ2v) is 6.26. The second-order valence-electron chi connectivity index (χ2n) is 5.86. The van der Waals surface area contributed by atoms with Gasteiger partial charge >= 0.3 is 5.97 Å². The zero-order valence-electron chi connectivity index (χ0n) is 13.2. The number of hydrogen-bond acceptors (Lipinski definition) is 5. The topological polar surface area (TPSA) is 94.1 Å². The fourth-order valence-corrected chi connectivity index (χ4v) is 3.74. The van der Waals surface area contributed by atoms with E-state index >= 15 is 0 Å². The van der Waals surface area contributed by atoms with Crippen LogP contribution in [0.5, 0.6) is 11.5 Å². The van der Waals surface area contributed by atoms with Crippen LogP contribution in [0.4, 0.5) is 5.69 Å². The molecule has 0 aliphatic carbocycles. The van der Waals surface area contributed by atoms with Crippen molar-refractivity contribution in [2.75, 3.05) is 19.5 Å². The van der Waals surface area contributed by atoms with Gasteiger partial charge in [-0.1, -0.05) is 11.6 Å². The maximum atomic E-state index is 12.7. The van der Waals surface area contributed by atoms with Crippen LogP contribution in [0.1, 0.15) is 12.8 Å². The molecule has 4 atom stereocenters. The van der Waals surface area contributed by atoms with E-state index in [1.165, 1.54) is 20.3 Å². The first-order valence-corrected chi connectivity index (χ1v) is 7.94. The van der Waals surface area contributed by atoms with Crippen molar-refractivity contribution in [1.82, 2.24) is 0 Å². The molecule has 2 heterocycles. The van der Waals surface area contributed by atoms with Gasteiger partial charge in [-0.15, -0.1) is 0 Å². The first-order valence-electron chi connectivity index (χ1n) is 7.57. The van der Waals surface area contributed by atoms with Gasteiger partial charge in [0.05, 0.1) is 49.0 Å². The first kappa shape index (κ1) is 16.9. The zero-order valence-corrected chi connectivity index (χ0v) is 14.0. The highest BCUT2D eigenvalue weighted by atomic mass is 35.5. The minimum absolute atomic E-state index is 0.313. The molecule has 24 heavy (non-hydrogen) atoms. The molecule has 0 unspecified atom stereocenters. The van der Waals surface area contributed by atoms with Crippen LogP contribution in [0, 0.1) is 11.8 Å². The smallest absolute Gasteiger partial charge is 0.310 e. The molecule has 2 bridgehead atoms. The summed E-state index contributed by atoms with van der Waals surface area (Å²) in [6.45, 7) is 0. The quantitative estimate of drug-likeness (QED) is 0.840. The maximum Gasteiger partial charge on any atom is 0.310 e. The number of fused-ring (bicyclic) bond motifs is 2. The number of halogens is 1. The summed E-state index contributed by atoms with van der Waals surface area (Å²) >= 11 is 6.09. The molecule has 2 N–H and O–H groups in total. The third kappa shape index (κ3) is 2.78. The molecule has 1 amide bonds. The van der Waals surface area contributed by atoms with E-state index in [2.05, 4.69) is 5.32 Å². The van der Waals surface area contributed by atoms with Crippen molar-refractivity contribution in [2.45, 2.75) is 25.0 Å². The van der Waals surface area contributed by atoms with Gasteiger partial charge < -0.3 is 24.6 Å². The summed E-state index contributed by atoms with van der Waals surface area (Å²) in [7, 11) is 2.93. The second kappa shape index (κ2) is 6.49. The lowest BCUT2D eigenvalue weighted by Crippen LogP contribution is -2.41. The Bertz CT molecular complexity index is 679. The molecule has 0 radical (unpaired) electrons. The monoisotopic (exact) mass is 355 g/mol. The lowest BCUT2D eigenvalue weighted by Gasteiger charge is -2.24. The first-order chi connectivity index (χ1) is 11.5. The molecule has 0 saturated carbocycles. The number of aliphatic carboxylic acids is 1. The van der Waals surface area contributed by atoms with Gasteiger partial charge in [-0.25, -0.2) is 0 Å². The fourth-order valence-electron chi connectivity index (χ4n) is 3.50. The number of carboxylic acid groups (broad SMARTS) is 1. The largest absolute Gasteiger partial charge is 0.495 e. The third-order valence-corrected chi connectivity index (χ3v) is 4.89. The van der Waals surface area contributed by atoms with Crippen LogP contribution in [0.15, 0.2) is 12.1 Å². The molecule has 8 heteroatoms. The average Bonchev–Trinajstić information content (AvgIpc) is 3.16. The number of ether oxygens (including phenoxy) is 3. The molecule has 0 spiro atoms. The highest BCUT2D eigenvalue weighted by molar-refractivity contribution is 6.32. The summed E-state index contributed by atoms with van der Waals surface area (Å²) in [6.07, 6.45) is 0.594. The number of carbonyl (C=O) groups is 2. The number of nitrogens with one attached hydrogen (secondary N) is 1. The van der Waals surface area contributed by atoms with Gasteiger partial charge in [0.2, 0.25) is 5.91 Å². The number of benzene rings is 1. The number of anilines is 1. The Kier molecular flexibility index (Phi) is 4.56. The molecule has 3 rings (SSSR count). The summed E-state index contributed by atoms with van der Waals surface area (Å²) in [5.74, 6) is -2.19. The van der Waals surface area contributed by atoms with Crippen LogP contribution in [0.25, 0.3) is 0 Å². The van der Waals surface area contributed by atoms with E-state index in [9.17, 15) is 14.7 Å². The Labute approximate surface area is 143 Å². The highest BCUT2D eigenvalue weighted by Gasteiger charge is 2.55. The van der Waals surface area contributed by atoms with Crippen LogP contribution in [0.3, 0.4) is 0 Å².